The second-order valence-electron chi connectivity index (χ2n) is 5.42. The van der Waals surface area contributed by atoms with Gasteiger partial charge >= 0.3 is 0 Å². The van der Waals surface area contributed by atoms with Crippen molar-refractivity contribution in [2.45, 2.75) is 12.8 Å². The van der Waals surface area contributed by atoms with Crippen molar-refractivity contribution in [3.8, 4) is 0 Å². The molecule has 0 aliphatic carbocycles. The Labute approximate surface area is 118 Å². The van der Waals surface area contributed by atoms with Crippen LogP contribution in [0.25, 0.3) is 11.0 Å². The molecule has 1 aliphatic heterocycles. The van der Waals surface area contributed by atoms with Gasteiger partial charge < -0.3 is 9.88 Å². The molecule has 0 unspecified atom stereocenters. The number of nitrogens with zero attached hydrogens (tertiary/aromatic N) is 2. The van der Waals surface area contributed by atoms with Gasteiger partial charge in [0.1, 0.15) is 5.82 Å². The fourth-order valence-electron chi connectivity index (χ4n) is 2.97. The molecule has 0 spiro atoms. The lowest BCUT2D eigenvalue weighted by molar-refractivity contribution is 0.845. The zero-order chi connectivity index (χ0) is 13.5. The van der Waals surface area contributed by atoms with Crippen LogP contribution < -0.4 is 5.32 Å². The Morgan fingerprint density at radius 1 is 1.20 bits per heavy atom. The monoisotopic (exact) mass is 263 g/mol. The quantitative estimate of drug-likeness (QED) is 0.770. The number of imidazole rings is 1. The largest absolute Gasteiger partial charge is 0.384 e. The third-order valence-electron chi connectivity index (χ3n) is 4.11. The van der Waals surface area contributed by atoms with Gasteiger partial charge in [0.2, 0.25) is 0 Å². The van der Waals surface area contributed by atoms with Crippen LogP contribution in [0.1, 0.15) is 17.0 Å². The second kappa shape index (κ2) is 4.37. The first kappa shape index (κ1) is 11.5. The molecular weight excluding hydrogens is 246 g/mol. The van der Waals surface area contributed by atoms with Crippen LogP contribution in [0, 0.1) is 0 Å². The van der Waals surface area contributed by atoms with E-state index in [1.807, 2.05) is 0 Å². The SMILES string of the molecule is Cn1c(Cc2ccccc2)nc2cc3c(cc21)NCC3. The van der Waals surface area contributed by atoms with Gasteiger partial charge in [-0.3, -0.25) is 0 Å². The normalized spacial score (nSPS) is 13.4. The molecule has 3 nitrogen and oxygen atoms in total. The number of benzene rings is 2. The van der Waals surface area contributed by atoms with E-state index in [2.05, 4.69) is 59.4 Å². The third kappa shape index (κ3) is 1.78. The van der Waals surface area contributed by atoms with Crippen molar-refractivity contribution in [1.29, 1.82) is 0 Å². The van der Waals surface area contributed by atoms with Gasteiger partial charge in [0.25, 0.3) is 0 Å². The average molecular weight is 263 g/mol. The fourth-order valence-corrected chi connectivity index (χ4v) is 2.97. The highest BCUT2D eigenvalue weighted by atomic mass is 15.1. The zero-order valence-corrected chi connectivity index (χ0v) is 11.6. The highest BCUT2D eigenvalue weighted by Crippen LogP contribution is 2.28. The molecule has 0 radical (unpaired) electrons. The summed E-state index contributed by atoms with van der Waals surface area (Å²) in [4.78, 5) is 4.82. The summed E-state index contributed by atoms with van der Waals surface area (Å²) >= 11 is 0. The number of nitrogens with one attached hydrogen (secondary N) is 1. The molecule has 0 fully saturated rings. The Morgan fingerprint density at radius 2 is 2.05 bits per heavy atom. The minimum absolute atomic E-state index is 0.879. The first-order valence-electron chi connectivity index (χ1n) is 7.07. The first-order chi connectivity index (χ1) is 9.81. The number of anilines is 1. The van der Waals surface area contributed by atoms with Gasteiger partial charge in [-0.25, -0.2) is 4.98 Å². The van der Waals surface area contributed by atoms with Crippen LogP contribution >= 0.6 is 0 Å². The van der Waals surface area contributed by atoms with E-state index in [-0.39, 0.29) is 0 Å². The van der Waals surface area contributed by atoms with E-state index in [0.717, 1.165) is 30.7 Å². The van der Waals surface area contributed by atoms with Crippen LogP contribution in [0.2, 0.25) is 0 Å². The molecule has 100 valence electrons. The van der Waals surface area contributed by atoms with E-state index < -0.39 is 0 Å². The number of fused-ring (bicyclic) bond motifs is 2. The molecule has 20 heavy (non-hydrogen) atoms. The van der Waals surface area contributed by atoms with E-state index in [1.165, 1.54) is 22.3 Å². The summed E-state index contributed by atoms with van der Waals surface area (Å²) in [6.45, 7) is 1.04. The number of aryl methyl sites for hydroxylation is 1. The third-order valence-corrected chi connectivity index (χ3v) is 4.11. The van der Waals surface area contributed by atoms with Gasteiger partial charge in [0.05, 0.1) is 11.0 Å². The van der Waals surface area contributed by atoms with E-state index in [1.54, 1.807) is 0 Å². The van der Waals surface area contributed by atoms with Crippen LogP contribution in [-0.4, -0.2) is 16.1 Å². The maximum absolute atomic E-state index is 4.82. The summed E-state index contributed by atoms with van der Waals surface area (Å²) in [7, 11) is 2.11. The van der Waals surface area contributed by atoms with E-state index >= 15 is 0 Å². The van der Waals surface area contributed by atoms with Crippen LogP contribution in [0.5, 0.6) is 0 Å². The molecule has 0 saturated carbocycles. The topological polar surface area (TPSA) is 29.9 Å². The van der Waals surface area contributed by atoms with Crippen molar-refractivity contribution < 1.29 is 0 Å². The Hall–Kier alpha value is -2.29. The summed E-state index contributed by atoms with van der Waals surface area (Å²) in [6.07, 6.45) is 1.99. The predicted octanol–water partition coefficient (Wildman–Crippen LogP) is 3.13. The number of hydrogen-bond donors (Lipinski definition) is 1. The Balaban J connectivity index is 1.79. The summed E-state index contributed by atoms with van der Waals surface area (Å²) in [5.41, 5.74) is 6.29. The molecular formula is C17H17N3. The van der Waals surface area contributed by atoms with Crippen molar-refractivity contribution in [1.82, 2.24) is 9.55 Å². The van der Waals surface area contributed by atoms with E-state index in [0.29, 0.717) is 0 Å². The molecule has 0 bridgehead atoms. The maximum atomic E-state index is 4.82. The maximum Gasteiger partial charge on any atom is 0.114 e. The smallest absolute Gasteiger partial charge is 0.114 e. The standard InChI is InChI=1S/C17H17N3/c1-20-16-11-14-13(7-8-18-14)10-15(16)19-17(20)9-12-5-3-2-4-6-12/h2-6,10-11,18H,7-9H2,1H3. The van der Waals surface area contributed by atoms with E-state index in [4.69, 9.17) is 4.98 Å². The van der Waals surface area contributed by atoms with Gasteiger partial charge in [-0.05, 0) is 29.7 Å². The van der Waals surface area contributed by atoms with E-state index in [9.17, 15) is 0 Å². The molecule has 3 heteroatoms. The first-order valence-corrected chi connectivity index (χ1v) is 7.07. The lowest BCUT2D eigenvalue weighted by atomic mass is 10.1. The van der Waals surface area contributed by atoms with Crippen molar-refractivity contribution in [2.75, 3.05) is 11.9 Å². The van der Waals surface area contributed by atoms with Crippen LogP contribution in [0.15, 0.2) is 42.5 Å². The zero-order valence-electron chi connectivity index (χ0n) is 11.6. The molecule has 1 N–H and O–H groups in total. The van der Waals surface area contributed by atoms with Crippen LogP contribution in [-0.2, 0) is 19.9 Å². The van der Waals surface area contributed by atoms with Crippen LogP contribution in [0.3, 0.4) is 0 Å². The van der Waals surface area contributed by atoms with Gasteiger partial charge in [-0.1, -0.05) is 30.3 Å². The van der Waals surface area contributed by atoms with Crippen molar-refractivity contribution in [3.63, 3.8) is 0 Å². The molecule has 0 atom stereocenters. The predicted molar refractivity (Wildman–Crippen MR) is 82.2 cm³/mol. The molecule has 0 amide bonds. The van der Waals surface area contributed by atoms with Gasteiger partial charge in [-0.15, -0.1) is 0 Å². The highest BCUT2D eigenvalue weighted by molar-refractivity contribution is 5.83. The van der Waals surface area contributed by atoms with Crippen LogP contribution in [0.4, 0.5) is 5.69 Å². The average Bonchev–Trinajstić information content (AvgIpc) is 3.03. The lowest BCUT2D eigenvalue weighted by Crippen LogP contribution is -1.99. The minimum atomic E-state index is 0.879. The highest BCUT2D eigenvalue weighted by Gasteiger charge is 2.15. The molecule has 2 heterocycles. The van der Waals surface area contributed by atoms with Crippen molar-refractivity contribution >= 4 is 16.7 Å². The molecule has 2 aromatic carbocycles. The summed E-state index contributed by atoms with van der Waals surface area (Å²) < 4.78 is 2.21. The number of hydrogen-bond acceptors (Lipinski definition) is 2. The lowest BCUT2D eigenvalue weighted by Gasteiger charge is -2.03. The second-order valence-corrected chi connectivity index (χ2v) is 5.42. The van der Waals surface area contributed by atoms with Gasteiger partial charge in [-0.2, -0.15) is 0 Å². The molecule has 3 aromatic rings. The summed E-state index contributed by atoms with van der Waals surface area (Å²) in [5, 5.41) is 3.44. The minimum Gasteiger partial charge on any atom is -0.384 e. The Bertz CT molecular complexity index is 772. The number of rotatable bonds is 2. The Kier molecular flexibility index (Phi) is 2.52. The molecule has 1 aromatic heterocycles. The van der Waals surface area contributed by atoms with Gasteiger partial charge in [0.15, 0.2) is 0 Å². The molecule has 0 saturated heterocycles. The number of aromatic nitrogens is 2. The van der Waals surface area contributed by atoms with Gasteiger partial charge in [0, 0.05) is 25.7 Å². The van der Waals surface area contributed by atoms with Crippen molar-refractivity contribution in [2.24, 2.45) is 7.05 Å². The summed E-state index contributed by atoms with van der Waals surface area (Å²) in [5.74, 6) is 1.12. The summed E-state index contributed by atoms with van der Waals surface area (Å²) in [6, 6.07) is 15.0. The van der Waals surface area contributed by atoms with Crippen molar-refractivity contribution in [3.05, 3.63) is 59.4 Å². The fraction of sp³-hybridized carbons (Fsp3) is 0.235. The Morgan fingerprint density at radius 3 is 2.90 bits per heavy atom. The molecule has 1 aliphatic rings. The molecule has 4 rings (SSSR count).